The highest BCUT2D eigenvalue weighted by atomic mass is 19.1. The molecule has 0 aliphatic carbocycles. The van der Waals surface area contributed by atoms with Crippen LogP contribution in [-0.2, 0) is 12.8 Å². The summed E-state index contributed by atoms with van der Waals surface area (Å²) in [5.74, 6) is 0.543. The number of hydrogen-bond acceptors (Lipinski definition) is 10. The molecule has 62 heavy (non-hydrogen) atoms. The number of aliphatic hydroxyl groups excluding tert-OH is 2. The average molecular weight is 833 g/mol. The summed E-state index contributed by atoms with van der Waals surface area (Å²) in [6.45, 7) is 4.65. The molecule has 0 fully saturated rings. The maximum Gasteiger partial charge on any atom is 0.163 e. The zero-order chi connectivity index (χ0) is 42.7. The first-order valence-corrected chi connectivity index (χ1v) is 20.1. The van der Waals surface area contributed by atoms with Gasteiger partial charge in [0.1, 0.15) is 23.3 Å². The van der Waals surface area contributed by atoms with Gasteiger partial charge in [0.2, 0.25) is 0 Å². The number of nitrogens with one attached hydrogen (secondary N) is 4. The minimum atomic E-state index is -0.732. The van der Waals surface area contributed by atoms with E-state index in [0.29, 0.717) is 69.7 Å². The lowest BCUT2D eigenvalue weighted by Gasteiger charge is -2.12. The third-order valence-electron chi connectivity index (χ3n) is 10.7. The molecule has 0 radical (unpaired) electrons. The number of para-hydroxylation sites is 2. The number of hydrogen-bond donors (Lipinski definition) is 6. The fourth-order valence-corrected chi connectivity index (χ4v) is 7.53. The van der Waals surface area contributed by atoms with Crippen molar-refractivity contribution in [1.82, 2.24) is 49.1 Å². The molecule has 0 aliphatic rings. The van der Waals surface area contributed by atoms with E-state index >= 15 is 0 Å². The Morgan fingerprint density at radius 1 is 0.597 bits per heavy atom. The highest BCUT2D eigenvalue weighted by Gasteiger charge is 2.18. The van der Waals surface area contributed by atoms with Gasteiger partial charge in [-0.05, 0) is 62.1 Å². The Bertz CT molecular complexity index is 2960. The van der Waals surface area contributed by atoms with E-state index in [1.165, 1.54) is 34.0 Å². The molecule has 0 aliphatic heterocycles. The van der Waals surface area contributed by atoms with Gasteiger partial charge in [0.25, 0.3) is 0 Å². The molecule has 8 heterocycles. The van der Waals surface area contributed by atoms with E-state index in [9.17, 15) is 19.0 Å². The van der Waals surface area contributed by atoms with Gasteiger partial charge >= 0.3 is 0 Å². The Hall–Kier alpha value is -7.56. The van der Waals surface area contributed by atoms with Crippen molar-refractivity contribution < 1.29 is 19.0 Å². The molecule has 6 N–H and O–H groups in total. The van der Waals surface area contributed by atoms with E-state index < -0.39 is 23.8 Å². The van der Waals surface area contributed by atoms with Gasteiger partial charge in [-0.25, -0.2) is 18.7 Å². The maximum atomic E-state index is 13.7. The van der Waals surface area contributed by atoms with Crippen molar-refractivity contribution >= 4 is 44.7 Å². The molecule has 10 rings (SSSR count). The molecule has 0 saturated heterocycles. The summed E-state index contributed by atoms with van der Waals surface area (Å²) in [4.78, 5) is 23.7. The summed E-state index contributed by atoms with van der Waals surface area (Å²) < 4.78 is 30.8. The highest BCUT2D eigenvalue weighted by Crippen LogP contribution is 2.29. The van der Waals surface area contributed by atoms with E-state index in [0.717, 1.165) is 36.3 Å². The predicted octanol–water partition coefficient (Wildman–Crippen LogP) is 8.24. The first-order chi connectivity index (χ1) is 30.2. The SMILES string of the molecule is C[C@@H](O)c1cnn2c(NCCc3c[nH]c4ccccc34)cc(-c3cncc(F)c3)nc12.C[C@H](O)c1cnn2c(NCCc3c[nH]c4ccccc34)cc(-c3cncc(F)c3)nc12. The number of anilines is 2. The summed E-state index contributed by atoms with van der Waals surface area (Å²) in [6, 6.07) is 22.8. The number of H-pyrrole nitrogens is 2. The van der Waals surface area contributed by atoms with Gasteiger partial charge in [-0.1, -0.05) is 36.4 Å². The molecular formula is C46H42F2N12O2. The number of fused-ring (bicyclic) bond motifs is 4. The van der Waals surface area contributed by atoms with Crippen LogP contribution in [0, 0.1) is 11.6 Å². The molecule has 2 aromatic carbocycles. The van der Waals surface area contributed by atoms with Gasteiger partial charge in [-0.15, -0.1) is 0 Å². The lowest BCUT2D eigenvalue weighted by molar-refractivity contribution is 0.200. The molecule has 0 amide bonds. The van der Waals surface area contributed by atoms with Crippen LogP contribution in [0.4, 0.5) is 20.4 Å². The Labute approximate surface area is 353 Å². The molecule has 10 aromatic rings. The number of pyridine rings is 2. The molecule has 0 bridgehead atoms. The molecule has 2 atom stereocenters. The average Bonchev–Trinajstić information content (AvgIpc) is 4.09. The van der Waals surface area contributed by atoms with Crippen molar-refractivity contribution in [2.45, 2.75) is 38.9 Å². The minimum absolute atomic E-state index is 0.433. The Morgan fingerprint density at radius 2 is 1.03 bits per heavy atom. The Balaban J connectivity index is 0.000000158. The topological polar surface area (TPSA) is 182 Å². The Kier molecular flexibility index (Phi) is 11.1. The van der Waals surface area contributed by atoms with Crippen LogP contribution in [0.3, 0.4) is 0 Å². The van der Waals surface area contributed by atoms with Crippen LogP contribution in [-0.4, -0.2) is 72.4 Å². The Morgan fingerprint density at radius 3 is 1.45 bits per heavy atom. The third kappa shape index (κ3) is 8.16. The van der Waals surface area contributed by atoms with Crippen LogP contribution >= 0.6 is 0 Å². The number of aromatic nitrogens is 10. The van der Waals surface area contributed by atoms with Crippen LogP contribution < -0.4 is 10.6 Å². The minimum Gasteiger partial charge on any atom is -0.389 e. The summed E-state index contributed by atoms with van der Waals surface area (Å²) in [7, 11) is 0. The standard InChI is InChI=1S/2C23H21FN6O/c2*1-14(31)19-13-28-30-22(9-21(29-23(19)30)16-8-17(24)12-25-10-16)26-7-6-15-11-27-20-5-3-2-4-18(15)20/h2*2-5,8-14,26-27,31H,6-7H2,1H3/t2*14-/m10/s1. The molecular weight excluding hydrogens is 791 g/mol. The number of benzene rings is 2. The summed E-state index contributed by atoms with van der Waals surface area (Å²) in [5, 5.41) is 38.3. The van der Waals surface area contributed by atoms with Crippen LogP contribution in [0.15, 0.2) is 122 Å². The molecule has 14 nitrogen and oxygen atoms in total. The molecule has 0 unspecified atom stereocenters. The van der Waals surface area contributed by atoms with Crippen molar-refractivity contribution in [3.63, 3.8) is 0 Å². The quantitative estimate of drug-likeness (QED) is 0.0702. The monoisotopic (exact) mass is 832 g/mol. The number of aromatic amines is 2. The van der Waals surface area contributed by atoms with E-state index in [4.69, 9.17) is 0 Å². The van der Waals surface area contributed by atoms with E-state index in [1.54, 1.807) is 47.7 Å². The number of halogens is 2. The van der Waals surface area contributed by atoms with Gasteiger partial charge in [-0.2, -0.15) is 19.2 Å². The van der Waals surface area contributed by atoms with Gasteiger partial charge in [0.05, 0.1) is 48.4 Å². The zero-order valence-electron chi connectivity index (χ0n) is 33.8. The maximum absolute atomic E-state index is 13.7. The second-order valence-corrected chi connectivity index (χ2v) is 14.9. The fourth-order valence-electron chi connectivity index (χ4n) is 7.53. The largest absolute Gasteiger partial charge is 0.389 e. The molecule has 0 saturated carbocycles. The molecule has 8 aromatic heterocycles. The normalized spacial score (nSPS) is 12.5. The smallest absolute Gasteiger partial charge is 0.163 e. The molecule has 312 valence electrons. The lowest BCUT2D eigenvalue weighted by Crippen LogP contribution is -2.10. The number of nitrogens with zero attached hydrogens (tertiary/aromatic N) is 8. The van der Waals surface area contributed by atoms with Crippen molar-refractivity contribution in [3.05, 3.63) is 156 Å². The van der Waals surface area contributed by atoms with Crippen molar-refractivity contribution in [3.8, 4) is 22.5 Å². The molecule has 0 spiro atoms. The highest BCUT2D eigenvalue weighted by molar-refractivity contribution is 5.84. The van der Waals surface area contributed by atoms with Crippen LogP contribution in [0.2, 0.25) is 0 Å². The zero-order valence-corrected chi connectivity index (χ0v) is 33.8. The lowest BCUT2D eigenvalue weighted by atomic mass is 10.1. The van der Waals surface area contributed by atoms with E-state index in [2.05, 4.69) is 75.0 Å². The van der Waals surface area contributed by atoms with Crippen LogP contribution in [0.1, 0.15) is 48.3 Å². The summed E-state index contributed by atoms with van der Waals surface area (Å²) in [5.41, 5.74) is 9.11. The van der Waals surface area contributed by atoms with E-state index in [-0.39, 0.29) is 0 Å². The molecule has 16 heteroatoms. The van der Waals surface area contributed by atoms with Crippen molar-refractivity contribution in [1.29, 1.82) is 0 Å². The first-order valence-electron chi connectivity index (χ1n) is 20.1. The summed E-state index contributed by atoms with van der Waals surface area (Å²) >= 11 is 0. The fraction of sp³-hybridized carbons (Fsp3) is 0.174. The van der Waals surface area contributed by atoms with Gasteiger partial charge in [0.15, 0.2) is 11.3 Å². The van der Waals surface area contributed by atoms with E-state index in [1.807, 2.05) is 48.8 Å². The van der Waals surface area contributed by atoms with Crippen molar-refractivity contribution in [2.24, 2.45) is 0 Å². The number of rotatable bonds is 12. The predicted molar refractivity (Wildman–Crippen MR) is 235 cm³/mol. The van der Waals surface area contributed by atoms with Crippen molar-refractivity contribution in [2.75, 3.05) is 23.7 Å². The first kappa shape index (κ1) is 39.9. The second-order valence-electron chi connectivity index (χ2n) is 14.9. The van der Waals surface area contributed by atoms with Crippen LogP contribution in [0.5, 0.6) is 0 Å². The summed E-state index contributed by atoms with van der Waals surface area (Å²) in [6.07, 6.45) is 12.8. The second kappa shape index (κ2) is 17.2. The van der Waals surface area contributed by atoms with Gasteiger partial charge < -0.3 is 30.8 Å². The third-order valence-corrected chi connectivity index (χ3v) is 10.7. The van der Waals surface area contributed by atoms with Crippen LogP contribution in [0.25, 0.3) is 55.6 Å². The van der Waals surface area contributed by atoms with Gasteiger partial charge in [-0.3, -0.25) is 9.97 Å². The number of aliphatic hydroxyl groups is 2. The van der Waals surface area contributed by atoms with Gasteiger partial charge in [0, 0.05) is 94.1 Å².